The minimum Gasteiger partial charge on any atom is -0.409 e. The van der Waals surface area contributed by atoms with Crippen LogP contribution in [0.3, 0.4) is 0 Å². The molecule has 0 radical (unpaired) electrons. The SMILES string of the molecule is N/C(CCCSc1ncn[nH]1)=N\O. The van der Waals surface area contributed by atoms with E-state index in [1.54, 1.807) is 11.8 Å². The minimum absolute atomic E-state index is 0.262. The Bertz CT molecular complexity index is 260. The molecular formula is C6H11N5OS. The molecule has 1 rings (SSSR count). The number of nitrogens with two attached hydrogens (primary N) is 1. The van der Waals surface area contributed by atoms with Crippen LogP contribution in [0.1, 0.15) is 12.8 Å². The number of oxime groups is 1. The standard InChI is InChI=1S/C6H11N5OS/c7-5(11-12)2-1-3-13-6-8-4-9-10-6/h4,12H,1-3H2,(H2,7,11)(H,8,9,10). The first-order valence-corrected chi connectivity index (χ1v) is 4.76. The molecule has 1 heterocycles. The Morgan fingerprint density at radius 3 is 3.23 bits per heavy atom. The molecule has 1 aromatic rings. The number of nitrogens with one attached hydrogen (secondary N) is 1. The van der Waals surface area contributed by atoms with E-state index in [-0.39, 0.29) is 5.84 Å². The van der Waals surface area contributed by atoms with Crippen LogP contribution in [0.2, 0.25) is 0 Å². The summed E-state index contributed by atoms with van der Waals surface area (Å²) < 4.78 is 0. The molecule has 0 unspecified atom stereocenters. The predicted octanol–water partition coefficient (Wildman–Crippen LogP) is 0.423. The predicted molar refractivity (Wildman–Crippen MR) is 49.7 cm³/mol. The van der Waals surface area contributed by atoms with Crippen molar-refractivity contribution in [3.63, 3.8) is 0 Å². The van der Waals surface area contributed by atoms with Gasteiger partial charge < -0.3 is 10.9 Å². The van der Waals surface area contributed by atoms with Crippen molar-refractivity contribution in [2.75, 3.05) is 5.75 Å². The molecule has 7 heteroatoms. The van der Waals surface area contributed by atoms with Gasteiger partial charge in [-0.15, -0.1) is 0 Å². The second-order valence-electron chi connectivity index (χ2n) is 2.33. The average Bonchev–Trinajstić information content (AvgIpc) is 2.64. The largest absolute Gasteiger partial charge is 0.409 e. The molecule has 6 nitrogen and oxygen atoms in total. The molecule has 0 aliphatic carbocycles. The maximum Gasteiger partial charge on any atom is 0.183 e. The van der Waals surface area contributed by atoms with Crippen LogP contribution in [0.5, 0.6) is 0 Å². The fraction of sp³-hybridized carbons (Fsp3) is 0.500. The highest BCUT2D eigenvalue weighted by Crippen LogP contribution is 2.12. The minimum atomic E-state index is 0.262. The molecule has 0 saturated carbocycles. The third-order valence-electron chi connectivity index (χ3n) is 1.34. The fourth-order valence-corrected chi connectivity index (χ4v) is 1.46. The molecule has 0 aliphatic rings. The Hall–Kier alpha value is -1.24. The zero-order valence-electron chi connectivity index (χ0n) is 6.97. The van der Waals surface area contributed by atoms with Gasteiger partial charge >= 0.3 is 0 Å². The van der Waals surface area contributed by atoms with Crippen molar-refractivity contribution < 1.29 is 5.21 Å². The van der Waals surface area contributed by atoms with Gasteiger partial charge in [-0.2, -0.15) is 5.10 Å². The lowest BCUT2D eigenvalue weighted by molar-refractivity contribution is 0.317. The van der Waals surface area contributed by atoms with Crippen LogP contribution in [-0.2, 0) is 0 Å². The zero-order chi connectivity index (χ0) is 9.52. The summed E-state index contributed by atoms with van der Waals surface area (Å²) in [7, 11) is 0. The number of thioether (sulfide) groups is 1. The molecule has 0 atom stereocenters. The van der Waals surface area contributed by atoms with Crippen LogP contribution in [0.25, 0.3) is 0 Å². The Kier molecular flexibility index (Phi) is 4.10. The van der Waals surface area contributed by atoms with Gasteiger partial charge in [0.25, 0.3) is 0 Å². The van der Waals surface area contributed by atoms with E-state index in [0.29, 0.717) is 6.42 Å². The first kappa shape index (κ1) is 9.85. The van der Waals surface area contributed by atoms with Gasteiger partial charge in [-0.1, -0.05) is 16.9 Å². The molecule has 0 amide bonds. The molecule has 4 N–H and O–H groups in total. The number of hydrogen-bond donors (Lipinski definition) is 3. The van der Waals surface area contributed by atoms with E-state index in [1.807, 2.05) is 0 Å². The number of amidine groups is 1. The number of aromatic nitrogens is 3. The van der Waals surface area contributed by atoms with E-state index in [4.69, 9.17) is 10.9 Å². The third-order valence-corrected chi connectivity index (χ3v) is 2.30. The Labute approximate surface area is 79.6 Å². The van der Waals surface area contributed by atoms with Crippen molar-refractivity contribution in [3.8, 4) is 0 Å². The molecule has 0 fully saturated rings. The normalized spacial score (nSPS) is 11.8. The van der Waals surface area contributed by atoms with Gasteiger partial charge in [-0.3, -0.25) is 5.10 Å². The zero-order valence-corrected chi connectivity index (χ0v) is 7.79. The summed E-state index contributed by atoms with van der Waals surface area (Å²) in [5, 5.41) is 18.3. The smallest absolute Gasteiger partial charge is 0.183 e. The van der Waals surface area contributed by atoms with Crippen LogP contribution < -0.4 is 5.73 Å². The summed E-state index contributed by atoms with van der Waals surface area (Å²) in [6.45, 7) is 0. The molecule has 72 valence electrons. The molecule has 13 heavy (non-hydrogen) atoms. The number of H-pyrrole nitrogens is 1. The first-order chi connectivity index (χ1) is 6.33. The second kappa shape index (κ2) is 5.41. The van der Waals surface area contributed by atoms with E-state index in [1.165, 1.54) is 6.33 Å². The van der Waals surface area contributed by atoms with Crippen LogP contribution in [-0.4, -0.2) is 32.0 Å². The first-order valence-electron chi connectivity index (χ1n) is 3.77. The Balaban J connectivity index is 2.08. The Morgan fingerprint density at radius 2 is 2.62 bits per heavy atom. The average molecular weight is 201 g/mol. The quantitative estimate of drug-likeness (QED) is 0.160. The van der Waals surface area contributed by atoms with Crippen molar-refractivity contribution >= 4 is 17.6 Å². The number of rotatable bonds is 5. The summed E-state index contributed by atoms with van der Waals surface area (Å²) in [6.07, 6.45) is 2.91. The lowest BCUT2D eigenvalue weighted by Crippen LogP contribution is -2.11. The molecular weight excluding hydrogens is 190 g/mol. The van der Waals surface area contributed by atoms with Gasteiger partial charge in [0, 0.05) is 12.2 Å². The highest BCUT2D eigenvalue weighted by Gasteiger charge is 1.97. The van der Waals surface area contributed by atoms with Crippen molar-refractivity contribution in [2.45, 2.75) is 18.0 Å². The van der Waals surface area contributed by atoms with E-state index in [9.17, 15) is 0 Å². The van der Waals surface area contributed by atoms with Crippen molar-refractivity contribution in [1.29, 1.82) is 0 Å². The molecule has 0 bridgehead atoms. The number of hydrogen-bond acceptors (Lipinski definition) is 5. The molecule has 0 spiro atoms. The topological polar surface area (TPSA) is 100 Å². The summed E-state index contributed by atoms with van der Waals surface area (Å²) >= 11 is 1.56. The van der Waals surface area contributed by atoms with E-state index >= 15 is 0 Å². The maximum absolute atomic E-state index is 8.25. The lowest BCUT2D eigenvalue weighted by atomic mass is 10.3. The molecule has 0 aliphatic heterocycles. The number of nitrogens with zero attached hydrogens (tertiary/aromatic N) is 3. The summed E-state index contributed by atoms with van der Waals surface area (Å²) in [5.74, 6) is 1.13. The molecule has 0 aromatic carbocycles. The summed E-state index contributed by atoms with van der Waals surface area (Å²) in [5.41, 5.74) is 5.29. The van der Waals surface area contributed by atoms with E-state index in [2.05, 4.69) is 20.3 Å². The highest BCUT2D eigenvalue weighted by atomic mass is 32.2. The van der Waals surface area contributed by atoms with Gasteiger partial charge in [-0.05, 0) is 6.42 Å². The van der Waals surface area contributed by atoms with Gasteiger partial charge in [0.2, 0.25) is 0 Å². The molecule has 0 saturated heterocycles. The molecule has 1 aromatic heterocycles. The van der Waals surface area contributed by atoms with Crippen LogP contribution in [0, 0.1) is 0 Å². The van der Waals surface area contributed by atoms with E-state index < -0.39 is 0 Å². The van der Waals surface area contributed by atoms with Crippen molar-refractivity contribution in [3.05, 3.63) is 6.33 Å². The monoisotopic (exact) mass is 201 g/mol. The van der Waals surface area contributed by atoms with Crippen molar-refractivity contribution in [2.24, 2.45) is 10.9 Å². The van der Waals surface area contributed by atoms with Crippen molar-refractivity contribution in [1.82, 2.24) is 15.2 Å². The van der Waals surface area contributed by atoms with Gasteiger partial charge in [0.05, 0.1) is 0 Å². The van der Waals surface area contributed by atoms with Crippen LogP contribution in [0.4, 0.5) is 0 Å². The second-order valence-corrected chi connectivity index (χ2v) is 3.42. The van der Waals surface area contributed by atoms with Gasteiger partial charge in [-0.25, -0.2) is 4.98 Å². The number of aromatic amines is 1. The lowest BCUT2D eigenvalue weighted by Gasteiger charge is -1.96. The fourth-order valence-electron chi connectivity index (χ4n) is 0.736. The summed E-state index contributed by atoms with van der Waals surface area (Å²) in [6, 6.07) is 0. The highest BCUT2D eigenvalue weighted by molar-refractivity contribution is 7.99. The van der Waals surface area contributed by atoms with Gasteiger partial charge in [0.1, 0.15) is 12.2 Å². The van der Waals surface area contributed by atoms with E-state index in [0.717, 1.165) is 17.3 Å². The van der Waals surface area contributed by atoms with Crippen LogP contribution in [0.15, 0.2) is 16.6 Å². The van der Waals surface area contributed by atoms with Crippen LogP contribution >= 0.6 is 11.8 Å². The maximum atomic E-state index is 8.25. The Morgan fingerprint density at radius 1 is 1.77 bits per heavy atom. The summed E-state index contributed by atoms with van der Waals surface area (Å²) in [4.78, 5) is 3.94. The third kappa shape index (κ3) is 3.79. The van der Waals surface area contributed by atoms with Gasteiger partial charge in [0.15, 0.2) is 5.16 Å².